The number of rotatable bonds is 10. The molecule has 148 valence electrons. The molecule has 0 aliphatic rings. The van der Waals surface area contributed by atoms with Crippen LogP contribution in [0.3, 0.4) is 0 Å². The Hall–Kier alpha value is -3.15. The number of nitrogens with one attached hydrogen (secondary N) is 2. The molecule has 2 rings (SSSR count). The molecular weight excluding hydrogens is 352 g/mol. The van der Waals surface area contributed by atoms with E-state index in [1.54, 1.807) is 6.21 Å². The van der Waals surface area contributed by atoms with E-state index in [-0.39, 0.29) is 24.7 Å². The van der Waals surface area contributed by atoms with Crippen molar-refractivity contribution in [3.63, 3.8) is 0 Å². The van der Waals surface area contributed by atoms with Gasteiger partial charge in [-0.15, -0.1) is 0 Å². The zero-order valence-corrected chi connectivity index (χ0v) is 16.5. The average Bonchev–Trinajstić information content (AvgIpc) is 2.73. The zero-order chi connectivity index (χ0) is 20.2. The van der Waals surface area contributed by atoms with Crippen LogP contribution in [0.2, 0.25) is 0 Å². The second-order valence-corrected chi connectivity index (χ2v) is 6.32. The van der Waals surface area contributed by atoms with Gasteiger partial charge in [-0.3, -0.25) is 9.59 Å². The van der Waals surface area contributed by atoms with E-state index in [1.165, 1.54) is 0 Å². The lowest BCUT2D eigenvalue weighted by Crippen LogP contribution is -2.25. The van der Waals surface area contributed by atoms with E-state index in [1.807, 2.05) is 54.6 Å². The molecule has 0 heterocycles. The number of benzene rings is 2. The highest BCUT2D eigenvalue weighted by Gasteiger charge is 2.06. The molecule has 0 radical (unpaired) electrons. The van der Waals surface area contributed by atoms with Crippen molar-refractivity contribution in [2.45, 2.75) is 33.2 Å². The van der Waals surface area contributed by atoms with Crippen LogP contribution in [-0.2, 0) is 16.1 Å². The lowest BCUT2D eigenvalue weighted by molar-refractivity contribution is -0.126. The van der Waals surface area contributed by atoms with Crippen molar-refractivity contribution in [3.8, 4) is 0 Å². The van der Waals surface area contributed by atoms with Crippen molar-refractivity contribution >= 4 is 23.7 Å². The van der Waals surface area contributed by atoms with Crippen molar-refractivity contribution in [2.24, 2.45) is 5.10 Å². The lowest BCUT2D eigenvalue weighted by Gasteiger charge is -2.20. The van der Waals surface area contributed by atoms with Crippen molar-refractivity contribution in [3.05, 3.63) is 65.7 Å². The van der Waals surface area contributed by atoms with Gasteiger partial charge in [-0.2, -0.15) is 5.10 Å². The first kappa shape index (κ1) is 21.2. The second kappa shape index (κ2) is 11.5. The van der Waals surface area contributed by atoms with Crippen LogP contribution in [0.5, 0.6) is 0 Å². The summed E-state index contributed by atoms with van der Waals surface area (Å²) in [6.07, 6.45) is 1.82. The van der Waals surface area contributed by atoms with Crippen molar-refractivity contribution < 1.29 is 9.59 Å². The van der Waals surface area contributed by atoms with Crippen molar-refractivity contribution in [2.75, 3.05) is 18.0 Å². The highest BCUT2D eigenvalue weighted by molar-refractivity contribution is 5.85. The average molecular weight is 380 g/mol. The van der Waals surface area contributed by atoms with Crippen LogP contribution in [0.15, 0.2) is 59.7 Å². The Bertz CT molecular complexity index is 769. The number of hydrogen-bond donors (Lipinski definition) is 2. The molecule has 0 spiro atoms. The fourth-order valence-corrected chi connectivity index (χ4v) is 2.71. The Balaban J connectivity index is 1.69. The molecule has 2 aromatic rings. The van der Waals surface area contributed by atoms with Gasteiger partial charge in [0.05, 0.1) is 6.21 Å². The Labute approximate surface area is 166 Å². The van der Waals surface area contributed by atoms with E-state index in [0.717, 1.165) is 29.9 Å². The number of nitrogens with zero attached hydrogens (tertiary/aromatic N) is 2. The fourth-order valence-electron chi connectivity index (χ4n) is 2.71. The summed E-state index contributed by atoms with van der Waals surface area (Å²) in [6.45, 7) is 6.62. The number of hydrogen-bond acceptors (Lipinski definition) is 4. The molecule has 28 heavy (non-hydrogen) atoms. The minimum atomic E-state index is -0.286. The van der Waals surface area contributed by atoms with E-state index < -0.39 is 0 Å². The van der Waals surface area contributed by atoms with E-state index in [9.17, 15) is 9.59 Å². The highest BCUT2D eigenvalue weighted by atomic mass is 16.2. The van der Waals surface area contributed by atoms with Crippen molar-refractivity contribution in [1.82, 2.24) is 10.7 Å². The standard InChI is InChI=1S/C22H28N4O2/c1-3-26(4-2)20-12-10-19(11-13-20)17-24-25-22(28)15-14-21(27)23-16-18-8-6-5-7-9-18/h5-13,17H,3-4,14-16H2,1-2H3,(H,23,27)(H,25,28)/b24-17+. The van der Waals surface area contributed by atoms with Crippen LogP contribution in [-0.4, -0.2) is 31.1 Å². The van der Waals surface area contributed by atoms with Gasteiger partial charge in [0.15, 0.2) is 0 Å². The molecule has 0 aromatic heterocycles. The van der Waals surface area contributed by atoms with E-state index in [4.69, 9.17) is 0 Å². The molecule has 6 heteroatoms. The molecule has 0 atom stereocenters. The minimum Gasteiger partial charge on any atom is -0.372 e. The van der Waals surface area contributed by atoms with Gasteiger partial charge in [-0.25, -0.2) is 5.43 Å². The van der Waals surface area contributed by atoms with Gasteiger partial charge < -0.3 is 10.2 Å². The first-order valence-electron chi connectivity index (χ1n) is 9.60. The molecular formula is C22H28N4O2. The molecule has 0 fully saturated rings. The number of amides is 2. The smallest absolute Gasteiger partial charge is 0.240 e. The number of anilines is 1. The normalized spacial score (nSPS) is 10.6. The summed E-state index contributed by atoms with van der Waals surface area (Å²) in [6, 6.07) is 17.6. The molecule has 0 unspecified atom stereocenters. The van der Waals surface area contributed by atoms with E-state index >= 15 is 0 Å². The van der Waals surface area contributed by atoms with Crippen LogP contribution >= 0.6 is 0 Å². The quantitative estimate of drug-likeness (QED) is 0.491. The summed E-state index contributed by atoms with van der Waals surface area (Å²) in [4.78, 5) is 25.9. The molecule has 0 bridgehead atoms. The highest BCUT2D eigenvalue weighted by Crippen LogP contribution is 2.13. The molecule has 2 amide bonds. The monoisotopic (exact) mass is 380 g/mol. The summed E-state index contributed by atoms with van der Waals surface area (Å²) in [7, 11) is 0. The van der Waals surface area contributed by atoms with Crippen LogP contribution in [0.1, 0.15) is 37.8 Å². The third-order valence-electron chi connectivity index (χ3n) is 4.34. The first-order chi connectivity index (χ1) is 13.6. The predicted molar refractivity (Wildman–Crippen MR) is 113 cm³/mol. The predicted octanol–water partition coefficient (Wildman–Crippen LogP) is 3.08. The summed E-state index contributed by atoms with van der Waals surface area (Å²) in [5.74, 6) is -0.444. The summed E-state index contributed by atoms with van der Waals surface area (Å²) >= 11 is 0. The molecule has 0 saturated carbocycles. The SMILES string of the molecule is CCN(CC)c1ccc(/C=N/NC(=O)CCC(=O)NCc2ccccc2)cc1. The Morgan fingerprint density at radius 2 is 1.57 bits per heavy atom. The van der Waals surface area contributed by atoms with Gasteiger partial charge in [0.25, 0.3) is 0 Å². The van der Waals surface area contributed by atoms with Crippen LogP contribution in [0, 0.1) is 0 Å². The Kier molecular flexibility index (Phi) is 8.72. The number of carbonyl (C=O) groups excluding carboxylic acids is 2. The van der Waals surface area contributed by atoms with Gasteiger partial charge in [-0.05, 0) is 37.1 Å². The topological polar surface area (TPSA) is 73.8 Å². The van der Waals surface area contributed by atoms with Gasteiger partial charge in [0, 0.05) is 38.2 Å². The van der Waals surface area contributed by atoms with Crippen LogP contribution < -0.4 is 15.6 Å². The summed E-state index contributed by atoms with van der Waals surface area (Å²) < 4.78 is 0. The number of carbonyl (C=O) groups is 2. The molecule has 0 saturated heterocycles. The third-order valence-corrected chi connectivity index (χ3v) is 4.34. The second-order valence-electron chi connectivity index (χ2n) is 6.32. The Morgan fingerprint density at radius 3 is 2.21 bits per heavy atom. The molecule has 0 aliphatic carbocycles. The maximum Gasteiger partial charge on any atom is 0.240 e. The van der Waals surface area contributed by atoms with Crippen molar-refractivity contribution in [1.29, 1.82) is 0 Å². The van der Waals surface area contributed by atoms with Crippen LogP contribution in [0.25, 0.3) is 0 Å². The van der Waals surface area contributed by atoms with E-state index in [2.05, 4.69) is 34.6 Å². The molecule has 0 aliphatic heterocycles. The summed E-state index contributed by atoms with van der Waals surface area (Å²) in [5.41, 5.74) is 5.54. The maximum absolute atomic E-state index is 11.8. The van der Waals surface area contributed by atoms with Gasteiger partial charge in [0.2, 0.25) is 11.8 Å². The Morgan fingerprint density at radius 1 is 0.929 bits per heavy atom. The zero-order valence-electron chi connectivity index (χ0n) is 16.5. The largest absolute Gasteiger partial charge is 0.372 e. The minimum absolute atomic E-state index is 0.0961. The number of hydrazone groups is 1. The first-order valence-corrected chi connectivity index (χ1v) is 9.60. The summed E-state index contributed by atoms with van der Waals surface area (Å²) in [5, 5.41) is 6.76. The lowest BCUT2D eigenvalue weighted by atomic mass is 10.2. The van der Waals surface area contributed by atoms with Gasteiger partial charge in [0.1, 0.15) is 0 Å². The molecule has 6 nitrogen and oxygen atoms in total. The fraction of sp³-hybridized carbons (Fsp3) is 0.318. The van der Waals surface area contributed by atoms with Gasteiger partial charge in [-0.1, -0.05) is 42.5 Å². The van der Waals surface area contributed by atoms with Gasteiger partial charge >= 0.3 is 0 Å². The molecule has 2 aromatic carbocycles. The van der Waals surface area contributed by atoms with Crippen LogP contribution in [0.4, 0.5) is 5.69 Å². The van der Waals surface area contributed by atoms with E-state index in [0.29, 0.717) is 6.54 Å². The maximum atomic E-state index is 11.8. The third kappa shape index (κ3) is 7.23. The molecule has 2 N–H and O–H groups in total.